The van der Waals surface area contributed by atoms with Crippen LogP contribution < -0.4 is 0 Å². The number of hydrogen-bond acceptors (Lipinski definition) is 3. The highest BCUT2D eigenvalue weighted by atomic mass is 19.1. The Morgan fingerprint density at radius 1 is 1.59 bits per heavy atom. The maximum absolute atomic E-state index is 13.2. The van der Waals surface area contributed by atoms with Crippen molar-refractivity contribution in [2.24, 2.45) is 5.11 Å². The van der Waals surface area contributed by atoms with Gasteiger partial charge in [-0.3, -0.25) is 10.1 Å². The van der Waals surface area contributed by atoms with Crippen LogP contribution in [0.5, 0.6) is 0 Å². The lowest BCUT2D eigenvalue weighted by atomic mass is 10.2. The molecule has 7 heteroatoms. The van der Waals surface area contributed by atoms with Crippen molar-refractivity contribution in [3.63, 3.8) is 0 Å². The van der Waals surface area contributed by atoms with Gasteiger partial charge in [-0.05, 0) is 11.6 Å². The Morgan fingerprint density at radius 2 is 2.35 bits per heavy atom. The molecule has 0 aliphatic carbocycles. The predicted octanol–water partition coefficient (Wildman–Crippen LogP) is 2.79. The van der Waals surface area contributed by atoms with Gasteiger partial charge in [0.15, 0.2) is 0 Å². The molecule has 0 spiro atoms. The van der Waals surface area contributed by atoms with Gasteiger partial charge in [-0.25, -0.2) is 4.39 Å². The normalized spacial score (nSPS) is 8.76. The summed E-state index contributed by atoms with van der Waals surface area (Å²) in [7, 11) is 0. The molecule has 0 bridgehead atoms. The molecule has 1 rings (SSSR count). The van der Waals surface area contributed by atoms with Gasteiger partial charge in [0.2, 0.25) is 0 Å². The standard InChI is InChI=1S/C10H7FN4O2/c11-10-5-4-9(15(16)17)7-8(10)3-1-2-6-13-14-12/h4-5,7H,2,6H2. The molecule has 0 heterocycles. The molecule has 0 aliphatic heterocycles. The first-order valence-electron chi connectivity index (χ1n) is 4.59. The minimum atomic E-state index is -0.620. The second-order valence-corrected chi connectivity index (χ2v) is 2.93. The first-order chi connectivity index (χ1) is 8.15. The van der Waals surface area contributed by atoms with Crippen LogP contribution >= 0.6 is 0 Å². The van der Waals surface area contributed by atoms with Crippen LogP contribution in [0.1, 0.15) is 12.0 Å². The van der Waals surface area contributed by atoms with E-state index in [1.807, 2.05) is 0 Å². The minimum Gasteiger partial charge on any atom is -0.258 e. The van der Waals surface area contributed by atoms with Crippen LogP contribution in [-0.2, 0) is 0 Å². The molecule has 0 saturated heterocycles. The van der Waals surface area contributed by atoms with Gasteiger partial charge in [-0.15, -0.1) is 0 Å². The number of azide groups is 1. The average Bonchev–Trinajstić information content (AvgIpc) is 2.30. The summed E-state index contributed by atoms with van der Waals surface area (Å²) >= 11 is 0. The van der Waals surface area contributed by atoms with E-state index in [9.17, 15) is 14.5 Å². The Bertz CT molecular complexity index is 541. The van der Waals surface area contributed by atoms with E-state index in [1.165, 1.54) is 0 Å². The molecule has 0 atom stereocenters. The van der Waals surface area contributed by atoms with Crippen molar-refractivity contribution in [1.82, 2.24) is 0 Å². The quantitative estimate of drug-likeness (QED) is 0.153. The van der Waals surface area contributed by atoms with E-state index < -0.39 is 10.7 Å². The highest BCUT2D eigenvalue weighted by Crippen LogP contribution is 2.15. The summed E-state index contributed by atoms with van der Waals surface area (Å²) in [5.74, 6) is 4.40. The van der Waals surface area contributed by atoms with Crippen LogP contribution in [-0.4, -0.2) is 11.5 Å². The van der Waals surface area contributed by atoms with Crippen molar-refractivity contribution in [2.75, 3.05) is 6.54 Å². The van der Waals surface area contributed by atoms with Gasteiger partial charge in [-0.2, -0.15) is 0 Å². The van der Waals surface area contributed by atoms with Gasteiger partial charge < -0.3 is 0 Å². The summed E-state index contributed by atoms with van der Waals surface area (Å²) in [5.41, 5.74) is 7.74. The summed E-state index contributed by atoms with van der Waals surface area (Å²) in [6, 6.07) is 3.13. The fourth-order valence-electron chi connectivity index (χ4n) is 1.03. The number of halogens is 1. The van der Waals surface area contributed by atoms with E-state index in [2.05, 4.69) is 21.9 Å². The average molecular weight is 234 g/mol. The highest BCUT2D eigenvalue weighted by molar-refractivity contribution is 5.44. The first-order valence-corrected chi connectivity index (χ1v) is 4.59. The summed E-state index contributed by atoms with van der Waals surface area (Å²) in [6.07, 6.45) is 0.270. The SMILES string of the molecule is [N-]=[N+]=NCCC#Cc1cc([N+](=O)[O-])ccc1F. The number of hydrogen-bond donors (Lipinski definition) is 0. The van der Waals surface area contributed by atoms with Crippen LogP contribution in [0.15, 0.2) is 23.3 Å². The molecule has 17 heavy (non-hydrogen) atoms. The van der Waals surface area contributed by atoms with Crippen LogP contribution in [0.2, 0.25) is 0 Å². The lowest BCUT2D eigenvalue weighted by molar-refractivity contribution is -0.384. The predicted molar refractivity (Wildman–Crippen MR) is 58.6 cm³/mol. The zero-order valence-electron chi connectivity index (χ0n) is 8.63. The topological polar surface area (TPSA) is 91.9 Å². The summed E-state index contributed by atoms with van der Waals surface area (Å²) in [6.45, 7) is 0.181. The Labute approximate surface area is 95.8 Å². The fourth-order valence-corrected chi connectivity index (χ4v) is 1.03. The monoisotopic (exact) mass is 234 g/mol. The highest BCUT2D eigenvalue weighted by Gasteiger charge is 2.08. The molecule has 0 aromatic heterocycles. The minimum absolute atomic E-state index is 0.0415. The lowest BCUT2D eigenvalue weighted by Crippen LogP contribution is -1.91. The van der Waals surface area contributed by atoms with Crippen molar-refractivity contribution < 1.29 is 9.31 Å². The van der Waals surface area contributed by atoms with Crippen molar-refractivity contribution in [3.05, 3.63) is 50.1 Å². The van der Waals surface area contributed by atoms with E-state index in [-0.39, 0.29) is 24.2 Å². The molecule has 0 N–H and O–H groups in total. The van der Waals surface area contributed by atoms with E-state index in [0.29, 0.717) is 0 Å². The van der Waals surface area contributed by atoms with Gasteiger partial charge >= 0.3 is 0 Å². The maximum atomic E-state index is 13.2. The molecule has 6 nitrogen and oxygen atoms in total. The van der Waals surface area contributed by atoms with Crippen LogP contribution in [0, 0.1) is 27.8 Å². The molecule has 1 aromatic carbocycles. The molecule has 0 saturated carbocycles. The van der Waals surface area contributed by atoms with E-state index >= 15 is 0 Å². The van der Waals surface area contributed by atoms with Crippen molar-refractivity contribution in [3.8, 4) is 11.8 Å². The molecule has 0 fully saturated rings. The van der Waals surface area contributed by atoms with Gasteiger partial charge in [0, 0.05) is 30.0 Å². The zero-order chi connectivity index (χ0) is 12.7. The number of non-ortho nitro benzene ring substituents is 1. The van der Waals surface area contributed by atoms with E-state index in [4.69, 9.17) is 5.53 Å². The molecule has 0 aliphatic rings. The number of rotatable bonds is 3. The molecule has 1 aromatic rings. The summed E-state index contributed by atoms with van der Waals surface area (Å²) in [4.78, 5) is 12.4. The number of nitrogens with zero attached hydrogens (tertiary/aromatic N) is 4. The molecular weight excluding hydrogens is 227 g/mol. The summed E-state index contributed by atoms with van der Waals surface area (Å²) in [5, 5.41) is 13.7. The Kier molecular flexibility index (Phi) is 4.48. The van der Waals surface area contributed by atoms with Crippen molar-refractivity contribution in [1.29, 1.82) is 0 Å². The Balaban J connectivity index is 2.85. The lowest BCUT2D eigenvalue weighted by Gasteiger charge is -1.94. The van der Waals surface area contributed by atoms with E-state index in [1.54, 1.807) is 0 Å². The van der Waals surface area contributed by atoms with Crippen LogP contribution in [0.4, 0.5) is 10.1 Å². The van der Waals surface area contributed by atoms with Gasteiger partial charge in [0.1, 0.15) is 5.82 Å². The molecule has 0 unspecified atom stereocenters. The number of benzene rings is 1. The van der Waals surface area contributed by atoms with Crippen molar-refractivity contribution >= 4 is 5.69 Å². The van der Waals surface area contributed by atoms with Crippen LogP contribution in [0.3, 0.4) is 0 Å². The molecule has 0 radical (unpaired) electrons. The van der Waals surface area contributed by atoms with E-state index in [0.717, 1.165) is 18.2 Å². The largest absolute Gasteiger partial charge is 0.270 e. The maximum Gasteiger partial charge on any atom is 0.270 e. The third kappa shape index (κ3) is 3.81. The second-order valence-electron chi connectivity index (χ2n) is 2.93. The van der Waals surface area contributed by atoms with Crippen molar-refractivity contribution in [2.45, 2.75) is 6.42 Å². The molecular formula is C10H7FN4O2. The van der Waals surface area contributed by atoms with Crippen LogP contribution in [0.25, 0.3) is 10.4 Å². The third-order valence-electron chi connectivity index (χ3n) is 1.78. The first kappa shape index (κ1) is 12.5. The smallest absolute Gasteiger partial charge is 0.258 e. The Hall–Kier alpha value is -2.58. The van der Waals surface area contributed by atoms with Gasteiger partial charge in [-0.1, -0.05) is 17.0 Å². The third-order valence-corrected chi connectivity index (χ3v) is 1.78. The second kappa shape index (κ2) is 6.10. The molecule has 0 amide bonds. The summed E-state index contributed by atoms with van der Waals surface area (Å²) < 4.78 is 13.2. The zero-order valence-corrected chi connectivity index (χ0v) is 8.63. The van der Waals surface area contributed by atoms with Gasteiger partial charge in [0.05, 0.1) is 10.5 Å². The fraction of sp³-hybridized carbons (Fsp3) is 0.200. The number of nitro groups is 1. The number of nitro benzene ring substituents is 1. The molecule has 86 valence electrons. The van der Waals surface area contributed by atoms with Gasteiger partial charge in [0.25, 0.3) is 5.69 Å². The Morgan fingerprint density at radius 3 is 3.00 bits per heavy atom.